The number of anilines is 2. The fourth-order valence-electron chi connectivity index (χ4n) is 1.51. The molecule has 1 amide bonds. The topological polar surface area (TPSA) is 55.1 Å². The molecule has 0 aliphatic rings. The van der Waals surface area contributed by atoms with Crippen molar-refractivity contribution in [3.05, 3.63) is 58.1 Å². The van der Waals surface area contributed by atoms with Crippen molar-refractivity contribution in [3.8, 4) is 0 Å². The summed E-state index contributed by atoms with van der Waals surface area (Å²) in [5.41, 5.74) is 5.73. The molecule has 2 rings (SSSR count). The summed E-state index contributed by atoms with van der Waals surface area (Å²) in [4.78, 5) is 11.9. The molecular weight excluding hydrogens is 318 g/mol. The highest BCUT2D eigenvalue weighted by atomic mass is 79.9. The van der Waals surface area contributed by atoms with E-state index in [1.807, 2.05) is 0 Å². The first-order chi connectivity index (χ1) is 8.95. The van der Waals surface area contributed by atoms with Gasteiger partial charge < -0.3 is 11.1 Å². The van der Waals surface area contributed by atoms with Crippen LogP contribution in [0.25, 0.3) is 0 Å². The maximum atomic E-state index is 13.5. The van der Waals surface area contributed by atoms with Gasteiger partial charge in [0.1, 0.15) is 11.6 Å². The van der Waals surface area contributed by atoms with Gasteiger partial charge in [0.25, 0.3) is 5.91 Å². The Hall–Kier alpha value is -1.95. The van der Waals surface area contributed by atoms with Crippen LogP contribution in [0.1, 0.15) is 10.4 Å². The van der Waals surface area contributed by atoms with Gasteiger partial charge in [-0.1, -0.05) is 15.9 Å². The number of hydrogen-bond acceptors (Lipinski definition) is 2. The van der Waals surface area contributed by atoms with Crippen LogP contribution in [-0.4, -0.2) is 5.91 Å². The Labute approximate surface area is 116 Å². The maximum absolute atomic E-state index is 13.5. The van der Waals surface area contributed by atoms with E-state index in [1.165, 1.54) is 24.3 Å². The summed E-state index contributed by atoms with van der Waals surface area (Å²) >= 11 is 3.08. The lowest BCUT2D eigenvalue weighted by atomic mass is 10.2. The minimum absolute atomic E-state index is 0.0143. The quantitative estimate of drug-likeness (QED) is 0.829. The molecule has 0 aliphatic carbocycles. The second-order valence-corrected chi connectivity index (χ2v) is 4.77. The standard InChI is InChI=1S/C13H9BrF2N2O/c14-8-3-7(4-9(15)5-8)13(19)18-12-2-1-10(17)6-11(12)16/h1-6H,17H2,(H,18,19). The molecule has 0 unspecified atom stereocenters. The zero-order valence-corrected chi connectivity index (χ0v) is 11.2. The van der Waals surface area contributed by atoms with Gasteiger partial charge in [0.05, 0.1) is 5.69 Å². The fourth-order valence-corrected chi connectivity index (χ4v) is 1.98. The Morgan fingerprint density at radius 2 is 1.89 bits per heavy atom. The van der Waals surface area contributed by atoms with Gasteiger partial charge in [-0.2, -0.15) is 0 Å². The number of amides is 1. The van der Waals surface area contributed by atoms with Gasteiger partial charge in [-0.25, -0.2) is 8.78 Å². The van der Waals surface area contributed by atoms with Crippen LogP contribution < -0.4 is 11.1 Å². The summed E-state index contributed by atoms with van der Waals surface area (Å²) in [7, 11) is 0. The van der Waals surface area contributed by atoms with Gasteiger partial charge in [0, 0.05) is 15.7 Å². The molecule has 0 heterocycles. The first-order valence-electron chi connectivity index (χ1n) is 5.28. The van der Waals surface area contributed by atoms with Gasteiger partial charge in [-0.3, -0.25) is 4.79 Å². The van der Waals surface area contributed by atoms with E-state index in [-0.39, 0.29) is 16.9 Å². The molecule has 0 fully saturated rings. The predicted molar refractivity (Wildman–Crippen MR) is 72.9 cm³/mol. The van der Waals surface area contributed by atoms with E-state index in [1.54, 1.807) is 0 Å². The number of nitrogens with one attached hydrogen (secondary N) is 1. The number of hydrogen-bond donors (Lipinski definition) is 2. The van der Waals surface area contributed by atoms with E-state index in [0.717, 1.165) is 12.1 Å². The lowest BCUT2D eigenvalue weighted by molar-refractivity contribution is 0.102. The van der Waals surface area contributed by atoms with Crippen LogP contribution in [0.4, 0.5) is 20.2 Å². The van der Waals surface area contributed by atoms with Crippen LogP contribution >= 0.6 is 15.9 Å². The van der Waals surface area contributed by atoms with Crippen LogP contribution in [-0.2, 0) is 0 Å². The van der Waals surface area contributed by atoms with Gasteiger partial charge in [0.2, 0.25) is 0 Å². The summed E-state index contributed by atoms with van der Waals surface area (Å²) < 4.78 is 27.1. The predicted octanol–water partition coefficient (Wildman–Crippen LogP) is 3.56. The second kappa shape index (κ2) is 5.36. The highest BCUT2D eigenvalue weighted by Crippen LogP contribution is 2.19. The van der Waals surface area contributed by atoms with Crippen molar-refractivity contribution in [2.24, 2.45) is 0 Å². The summed E-state index contributed by atoms with van der Waals surface area (Å²) in [6, 6.07) is 7.62. The zero-order chi connectivity index (χ0) is 14.0. The maximum Gasteiger partial charge on any atom is 0.255 e. The molecule has 6 heteroatoms. The number of carbonyl (C=O) groups excluding carboxylic acids is 1. The van der Waals surface area contributed by atoms with Gasteiger partial charge >= 0.3 is 0 Å². The molecule has 0 aromatic heterocycles. The zero-order valence-electron chi connectivity index (χ0n) is 9.58. The van der Waals surface area contributed by atoms with Crippen molar-refractivity contribution < 1.29 is 13.6 Å². The number of halogens is 3. The van der Waals surface area contributed by atoms with Crippen LogP contribution in [0.5, 0.6) is 0 Å². The molecule has 0 saturated carbocycles. The molecule has 3 N–H and O–H groups in total. The minimum atomic E-state index is -0.649. The van der Waals surface area contributed by atoms with E-state index in [2.05, 4.69) is 21.2 Å². The van der Waals surface area contributed by atoms with E-state index in [4.69, 9.17) is 5.73 Å². The van der Waals surface area contributed by atoms with Crippen LogP contribution in [0, 0.1) is 11.6 Å². The van der Waals surface area contributed by atoms with E-state index >= 15 is 0 Å². The second-order valence-electron chi connectivity index (χ2n) is 3.85. The first-order valence-corrected chi connectivity index (χ1v) is 6.07. The number of rotatable bonds is 2. The van der Waals surface area contributed by atoms with E-state index < -0.39 is 17.5 Å². The largest absolute Gasteiger partial charge is 0.399 e. The van der Waals surface area contributed by atoms with Gasteiger partial charge in [0.15, 0.2) is 0 Å². The molecule has 19 heavy (non-hydrogen) atoms. The molecule has 2 aromatic rings. The summed E-state index contributed by atoms with van der Waals surface area (Å²) in [5.74, 6) is -1.81. The Morgan fingerprint density at radius 1 is 1.16 bits per heavy atom. The Kier molecular flexibility index (Phi) is 3.80. The van der Waals surface area contributed by atoms with Crippen LogP contribution in [0.2, 0.25) is 0 Å². The lowest BCUT2D eigenvalue weighted by Crippen LogP contribution is -2.13. The summed E-state index contributed by atoms with van der Waals surface area (Å²) in [5, 5.41) is 2.35. The highest BCUT2D eigenvalue weighted by Gasteiger charge is 2.11. The normalized spacial score (nSPS) is 10.3. The molecule has 0 aliphatic heterocycles. The third-order valence-corrected chi connectivity index (χ3v) is 2.82. The van der Waals surface area contributed by atoms with Crippen molar-refractivity contribution >= 4 is 33.2 Å². The highest BCUT2D eigenvalue weighted by molar-refractivity contribution is 9.10. The molecule has 2 aromatic carbocycles. The van der Waals surface area contributed by atoms with Crippen molar-refractivity contribution in [3.63, 3.8) is 0 Å². The molecule has 0 bridgehead atoms. The van der Waals surface area contributed by atoms with Crippen LogP contribution in [0.3, 0.4) is 0 Å². The van der Waals surface area contributed by atoms with Crippen molar-refractivity contribution in [1.82, 2.24) is 0 Å². The van der Waals surface area contributed by atoms with Crippen molar-refractivity contribution in [2.75, 3.05) is 11.1 Å². The molecule has 0 radical (unpaired) electrons. The molecule has 0 saturated heterocycles. The molecular formula is C13H9BrF2N2O. The smallest absolute Gasteiger partial charge is 0.255 e. The van der Waals surface area contributed by atoms with Crippen LogP contribution in [0.15, 0.2) is 40.9 Å². The first kappa shape index (κ1) is 13.5. The Morgan fingerprint density at radius 3 is 2.53 bits per heavy atom. The molecule has 98 valence electrons. The van der Waals surface area contributed by atoms with Gasteiger partial charge in [-0.15, -0.1) is 0 Å². The molecule has 0 spiro atoms. The number of carbonyl (C=O) groups is 1. The summed E-state index contributed by atoms with van der Waals surface area (Å²) in [6.45, 7) is 0. The average Bonchev–Trinajstić information content (AvgIpc) is 2.31. The number of nitrogens with two attached hydrogens (primary N) is 1. The van der Waals surface area contributed by atoms with Gasteiger partial charge in [-0.05, 0) is 36.4 Å². The number of benzene rings is 2. The fraction of sp³-hybridized carbons (Fsp3) is 0. The Bertz CT molecular complexity index is 626. The lowest BCUT2D eigenvalue weighted by Gasteiger charge is -2.07. The third-order valence-electron chi connectivity index (χ3n) is 2.37. The van der Waals surface area contributed by atoms with E-state index in [0.29, 0.717) is 4.47 Å². The third kappa shape index (κ3) is 3.29. The monoisotopic (exact) mass is 326 g/mol. The SMILES string of the molecule is Nc1ccc(NC(=O)c2cc(F)cc(Br)c2)c(F)c1. The Balaban J connectivity index is 2.25. The van der Waals surface area contributed by atoms with Crippen molar-refractivity contribution in [2.45, 2.75) is 0 Å². The molecule has 3 nitrogen and oxygen atoms in total. The average molecular weight is 327 g/mol. The number of nitrogen functional groups attached to an aromatic ring is 1. The minimum Gasteiger partial charge on any atom is -0.399 e. The van der Waals surface area contributed by atoms with E-state index in [9.17, 15) is 13.6 Å². The van der Waals surface area contributed by atoms with Crippen molar-refractivity contribution in [1.29, 1.82) is 0 Å². The molecule has 0 atom stereocenters. The summed E-state index contributed by atoms with van der Waals surface area (Å²) in [6.07, 6.45) is 0.